The number of rotatable bonds is 4. The normalized spacial score (nSPS) is 19.4. The Labute approximate surface area is 168 Å². The predicted octanol–water partition coefficient (Wildman–Crippen LogP) is 1.92. The molecular formula is C20H24N4O3S. The third-order valence-corrected chi connectivity index (χ3v) is 6.06. The summed E-state index contributed by atoms with van der Waals surface area (Å²) in [6.07, 6.45) is 1.88. The number of carbonyl (C=O) groups is 2. The van der Waals surface area contributed by atoms with E-state index in [1.165, 1.54) is 11.1 Å². The summed E-state index contributed by atoms with van der Waals surface area (Å²) in [6, 6.07) is 8.22. The van der Waals surface area contributed by atoms with Gasteiger partial charge in [0.25, 0.3) is 11.8 Å². The number of nitrogens with zero attached hydrogens (tertiary/aromatic N) is 4. The van der Waals surface area contributed by atoms with Crippen molar-refractivity contribution < 1.29 is 14.3 Å². The van der Waals surface area contributed by atoms with Crippen LogP contribution in [0.2, 0.25) is 0 Å². The second-order valence-electron chi connectivity index (χ2n) is 7.19. The maximum Gasteiger partial charge on any atom is 0.267 e. The highest BCUT2D eigenvalue weighted by Gasteiger charge is 2.34. The molecule has 0 radical (unpaired) electrons. The average molecular weight is 401 g/mol. The van der Waals surface area contributed by atoms with Gasteiger partial charge in [0.15, 0.2) is 6.10 Å². The zero-order valence-corrected chi connectivity index (χ0v) is 16.8. The van der Waals surface area contributed by atoms with Crippen LogP contribution in [-0.4, -0.2) is 63.5 Å². The van der Waals surface area contributed by atoms with Crippen LogP contribution in [0.1, 0.15) is 39.8 Å². The van der Waals surface area contributed by atoms with Crippen LogP contribution >= 0.6 is 11.5 Å². The molecule has 148 valence electrons. The first-order valence-electron chi connectivity index (χ1n) is 9.75. The lowest BCUT2D eigenvalue weighted by Gasteiger charge is -2.36. The molecule has 0 aliphatic carbocycles. The molecule has 0 spiro atoms. The smallest absolute Gasteiger partial charge is 0.267 e. The lowest BCUT2D eigenvalue weighted by Crippen LogP contribution is -2.53. The van der Waals surface area contributed by atoms with Gasteiger partial charge in [-0.2, -0.15) is 0 Å². The maximum atomic E-state index is 13.0. The molecule has 0 unspecified atom stereocenters. The summed E-state index contributed by atoms with van der Waals surface area (Å²) < 4.78 is 9.69. The van der Waals surface area contributed by atoms with E-state index in [0.29, 0.717) is 31.1 Å². The van der Waals surface area contributed by atoms with Crippen molar-refractivity contribution >= 4 is 23.3 Å². The summed E-state index contributed by atoms with van der Waals surface area (Å²) in [4.78, 5) is 30.1. The van der Waals surface area contributed by atoms with Crippen LogP contribution < -0.4 is 0 Å². The molecule has 0 N–H and O–H groups in total. The summed E-state index contributed by atoms with van der Waals surface area (Å²) in [6.45, 7) is 4.45. The number of hydrogen-bond acceptors (Lipinski definition) is 6. The highest BCUT2D eigenvalue weighted by atomic mass is 32.1. The Hall–Kier alpha value is -2.32. The fraction of sp³-hybridized carbons (Fsp3) is 0.500. The minimum atomic E-state index is -0.613. The first-order valence-corrected chi connectivity index (χ1v) is 10.5. The molecule has 2 aliphatic rings. The lowest BCUT2D eigenvalue weighted by atomic mass is 9.99. The van der Waals surface area contributed by atoms with Crippen molar-refractivity contribution in [3.63, 3.8) is 0 Å². The van der Waals surface area contributed by atoms with Crippen LogP contribution in [0.4, 0.5) is 0 Å². The van der Waals surface area contributed by atoms with E-state index in [-0.39, 0.29) is 18.4 Å². The molecule has 1 fully saturated rings. The number of fused-ring (bicyclic) bond motifs is 1. The Kier molecular flexibility index (Phi) is 5.68. The lowest BCUT2D eigenvalue weighted by molar-refractivity contribution is -0.149. The standard InChI is InChI=1S/C20H24N4O3S/c1-2-5-16-18(28-22-21-16)20(26)24-10-11-27-17(13-24)19(25)23-9-8-14-6-3-4-7-15(14)12-23/h3-4,6-7,17H,2,5,8-13H2,1H3/t17-/m1/s1. The van der Waals surface area contributed by atoms with E-state index in [9.17, 15) is 9.59 Å². The molecule has 1 aromatic carbocycles. The number of aryl methyl sites for hydroxylation is 1. The zero-order valence-electron chi connectivity index (χ0n) is 16.0. The Bertz CT molecular complexity index is 869. The summed E-state index contributed by atoms with van der Waals surface area (Å²) in [5.74, 6) is -0.133. The number of hydrogen-bond donors (Lipinski definition) is 0. The van der Waals surface area contributed by atoms with E-state index < -0.39 is 6.10 Å². The van der Waals surface area contributed by atoms with Crippen molar-refractivity contribution in [2.24, 2.45) is 0 Å². The molecule has 1 saturated heterocycles. The molecule has 2 aromatic rings. The zero-order chi connectivity index (χ0) is 19.5. The van der Waals surface area contributed by atoms with Crippen LogP contribution in [0.15, 0.2) is 24.3 Å². The summed E-state index contributed by atoms with van der Waals surface area (Å²) in [5, 5.41) is 4.09. The van der Waals surface area contributed by atoms with E-state index in [1.807, 2.05) is 24.0 Å². The van der Waals surface area contributed by atoms with Gasteiger partial charge in [0.05, 0.1) is 18.8 Å². The highest BCUT2D eigenvalue weighted by molar-refractivity contribution is 7.08. The molecule has 0 saturated carbocycles. The molecule has 3 heterocycles. The monoisotopic (exact) mass is 400 g/mol. The van der Waals surface area contributed by atoms with Crippen molar-refractivity contribution in [2.45, 2.75) is 38.8 Å². The molecule has 7 nitrogen and oxygen atoms in total. The molecule has 2 aliphatic heterocycles. The van der Waals surface area contributed by atoms with Crippen LogP contribution in [0.3, 0.4) is 0 Å². The maximum absolute atomic E-state index is 13.0. The molecule has 2 amide bonds. The third kappa shape index (κ3) is 3.79. The van der Waals surface area contributed by atoms with E-state index in [4.69, 9.17) is 4.74 Å². The summed E-state index contributed by atoms with van der Waals surface area (Å²) >= 11 is 1.13. The van der Waals surface area contributed by atoms with Gasteiger partial charge in [0.1, 0.15) is 4.88 Å². The van der Waals surface area contributed by atoms with Gasteiger partial charge < -0.3 is 14.5 Å². The topological polar surface area (TPSA) is 75.6 Å². The summed E-state index contributed by atoms with van der Waals surface area (Å²) in [5.41, 5.74) is 3.24. The fourth-order valence-corrected chi connectivity index (χ4v) is 4.46. The minimum Gasteiger partial charge on any atom is -0.365 e. The quantitative estimate of drug-likeness (QED) is 0.784. The molecule has 28 heavy (non-hydrogen) atoms. The number of aromatic nitrogens is 2. The van der Waals surface area contributed by atoms with Crippen molar-refractivity contribution in [1.82, 2.24) is 19.4 Å². The van der Waals surface area contributed by atoms with Gasteiger partial charge in [-0.05, 0) is 35.5 Å². The van der Waals surface area contributed by atoms with E-state index in [1.54, 1.807) is 4.90 Å². The van der Waals surface area contributed by atoms with Crippen LogP contribution in [0, 0.1) is 0 Å². The number of amides is 2. The third-order valence-electron chi connectivity index (χ3n) is 5.31. The molecule has 4 rings (SSSR count). The van der Waals surface area contributed by atoms with Gasteiger partial charge >= 0.3 is 0 Å². The molecule has 1 aromatic heterocycles. The van der Waals surface area contributed by atoms with E-state index in [0.717, 1.165) is 36.5 Å². The van der Waals surface area contributed by atoms with E-state index in [2.05, 4.69) is 21.7 Å². The first-order chi connectivity index (χ1) is 13.7. The van der Waals surface area contributed by atoms with Crippen LogP contribution in [0.25, 0.3) is 0 Å². The fourth-order valence-electron chi connectivity index (χ4n) is 3.79. The predicted molar refractivity (Wildman–Crippen MR) is 105 cm³/mol. The van der Waals surface area contributed by atoms with Gasteiger partial charge in [-0.25, -0.2) is 0 Å². The van der Waals surface area contributed by atoms with Crippen LogP contribution in [0.5, 0.6) is 0 Å². The van der Waals surface area contributed by atoms with Gasteiger partial charge in [-0.15, -0.1) is 5.10 Å². The molecule has 1 atom stereocenters. The van der Waals surface area contributed by atoms with Gasteiger partial charge in [0.2, 0.25) is 0 Å². The van der Waals surface area contributed by atoms with E-state index >= 15 is 0 Å². The number of carbonyl (C=O) groups excluding carboxylic acids is 2. The average Bonchev–Trinajstić information content (AvgIpc) is 3.21. The summed E-state index contributed by atoms with van der Waals surface area (Å²) in [7, 11) is 0. The highest BCUT2D eigenvalue weighted by Crippen LogP contribution is 2.22. The Balaban J connectivity index is 1.43. The SMILES string of the molecule is CCCc1nnsc1C(=O)N1CCO[C@@H](C(=O)N2CCc3ccccc3C2)C1. The number of benzene rings is 1. The Morgan fingerprint density at radius 1 is 1.21 bits per heavy atom. The molecule has 0 bridgehead atoms. The molecule has 8 heteroatoms. The Morgan fingerprint density at radius 3 is 2.86 bits per heavy atom. The largest absolute Gasteiger partial charge is 0.365 e. The van der Waals surface area contributed by atoms with Gasteiger partial charge in [0, 0.05) is 19.6 Å². The van der Waals surface area contributed by atoms with Crippen molar-refractivity contribution in [3.05, 3.63) is 46.0 Å². The van der Waals surface area contributed by atoms with Gasteiger partial charge in [-0.3, -0.25) is 9.59 Å². The first kappa shape index (κ1) is 19.0. The van der Waals surface area contributed by atoms with Crippen LogP contribution in [-0.2, 0) is 28.9 Å². The second kappa shape index (κ2) is 8.36. The Morgan fingerprint density at radius 2 is 2.04 bits per heavy atom. The number of morpholine rings is 1. The number of ether oxygens (including phenoxy) is 1. The minimum absolute atomic E-state index is 0.0387. The van der Waals surface area contributed by atoms with Gasteiger partial charge in [-0.1, -0.05) is 42.1 Å². The van der Waals surface area contributed by atoms with Crippen molar-refractivity contribution in [3.8, 4) is 0 Å². The second-order valence-corrected chi connectivity index (χ2v) is 7.94. The van der Waals surface area contributed by atoms with Crippen molar-refractivity contribution in [2.75, 3.05) is 26.2 Å². The van der Waals surface area contributed by atoms with Crippen molar-refractivity contribution in [1.29, 1.82) is 0 Å². The molecular weight excluding hydrogens is 376 g/mol.